The lowest BCUT2D eigenvalue weighted by Gasteiger charge is -2.07. The summed E-state index contributed by atoms with van der Waals surface area (Å²) in [7, 11) is 0. The van der Waals surface area contributed by atoms with Gasteiger partial charge in [-0.1, -0.05) is 59.7 Å². The zero-order valence-electron chi connectivity index (χ0n) is 14.6. The third-order valence-corrected chi connectivity index (χ3v) is 4.13. The zero-order valence-corrected chi connectivity index (χ0v) is 14.6. The summed E-state index contributed by atoms with van der Waals surface area (Å²) in [6.07, 6.45) is 4.68. The van der Waals surface area contributed by atoms with Crippen LogP contribution >= 0.6 is 0 Å². The smallest absolute Gasteiger partial charge is 0.0454 e. The van der Waals surface area contributed by atoms with E-state index in [-0.39, 0.29) is 0 Å². The van der Waals surface area contributed by atoms with Crippen LogP contribution in [0.4, 0.5) is 0 Å². The molecule has 0 spiro atoms. The Balaban J connectivity index is 1.43. The molecule has 2 nitrogen and oxygen atoms in total. The fraction of sp³-hybridized carbons (Fsp3) is 0.429. The maximum absolute atomic E-state index is 3.46. The van der Waals surface area contributed by atoms with Gasteiger partial charge in [0.15, 0.2) is 0 Å². The molecule has 0 saturated heterocycles. The molecule has 0 heterocycles. The van der Waals surface area contributed by atoms with Crippen molar-refractivity contribution >= 4 is 0 Å². The van der Waals surface area contributed by atoms with E-state index >= 15 is 0 Å². The summed E-state index contributed by atoms with van der Waals surface area (Å²) in [5, 5.41) is 6.92. The SMILES string of the molecule is Cc1ccc(CCCNCNCCCc2ccc(C)cc2)cc1. The third-order valence-electron chi connectivity index (χ3n) is 4.13. The van der Waals surface area contributed by atoms with Gasteiger partial charge in [-0.2, -0.15) is 0 Å². The fourth-order valence-electron chi connectivity index (χ4n) is 2.61. The topological polar surface area (TPSA) is 24.1 Å². The minimum atomic E-state index is 0.905. The molecule has 0 aliphatic carbocycles. The molecule has 0 radical (unpaired) electrons. The van der Waals surface area contributed by atoms with Gasteiger partial charge in [-0.15, -0.1) is 0 Å². The summed E-state index contributed by atoms with van der Waals surface area (Å²) in [4.78, 5) is 0. The predicted octanol–water partition coefficient (Wildman–Crippen LogP) is 4.01. The summed E-state index contributed by atoms with van der Waals surface area (Å²) in [6, 6.07) is 17.7. The lowest BCUT2D eigenvalue weighted by atomic mass is 10.1. The molecular weight excluding hydrogens is 280 g/mol. The Morgan fingerprint density at radius 1 is 0.609 bits per heavy atom. The molecular formula is C21H30N2. The molecule has 2 heteroatoms. The van der Waals surface area contributed by atoms with Crippen LogP contribution in [-0.4, -0.2) is 19.8 Å². The number of benzene rings is 2. The molecule has 0 saturated carbocycles. The van der Waals surface area contributed by atoms with Gasteiger partial charge in [0.25, 0.3) is 0 Å². The molecule has 0 aromatic heterocycles. The second-order valence-corrected chi connectivity index (χ2v) is 6.36. The molecule has 23 heavy (non-hydrogen) atoms. The molecule has 0 fully saturated rings. The average molecular weight is 310 g/mol. The summed E-state index contributed by atoms with van der Waals surface area (Å²) in [6.45, 7) is 7.31. The normalized spacial score (nSPS) is 10.9. The van der Waals surface area contributed by atoms with Crippen LogP contribution in [-0.2, 0) is 12.8 Å². The van der Waals surface area contributed by atoms with E-state index in [4.69, 9.17) is 0 Å². The standard InChI is InChI=1S/C21H30N2/c1-18-7-11-20(12-8-18)5-3-15-22-17-23-16-4-6-21-13-9-19(2)10-14-21/h7-14,22-23H,3-6,15-17H2,1-2H3. The summed E-state index contributed by atoms with van der Waals surface area (Å²) >= 11 is 0. The van der Waals surface area contributed by atoms with Crippen molar-refractivity contribution < 1.29 is 0 Å². The first-order chi connectivity index (χ1) is 11.2. The molecule has 2 aromatic rings. The van der Waals surface area contributed by atoms with Gasteiger partial charge in [-0.3, -0.25) is 0 Å². The van der Waals surface area contributed by atoms with Crippen LogP contribution < -0.4 is 10.6 Å². The van der Waals surface area contributed by atoms with E-state index in [9.17, 15) is 0 Å². The first kappa shape index (κ1) is 17.7. The van der Waals surface area contributed by atoms with Crippen LogP contribution in [0.25, 0.3) is 0 Å². The lowest BCUT2D eigenvalue weighted by Crippen LogP contribution is -2.30. The molecule has 0 aliphatic heterocycles. The zero-order chi connectivity index (χ0) is 16.3. The van der Waals surface area contributed by atoms with Crippen molar-refractivity contribution in [1.82, 2.24) is 10.6 Å². The minimum Gasteiger partial charge on any atom is -0.304 e. The van der Waals surface area contributed by atoms with E-state index in [2.05, 4.69) is 73.0 Å². The summed E-state index contributed by atoms with van der Waals surface area (Å²) in [5.41, 5.74) is 5.54. The lowest BCUT2D eigenvalue weighted by molar-refractivity contribution is 0.558. The van der Waals surface area contributed by atoms with E-state index in [1.807, 2.05) is 0 Å². The van der Waals surface area contributed by atoms with Crippen molar-refractivity contribution in [1.29, 1.82) is 0 Å². The van der Waals surface area contributed by atoms with Crippen LogP contribution in [0, 0.1) is 13.8 Å². The highest BCUT2D eigenvalue weighted by Gasteiger charge is 1.95. The number of nitrogens with one attached hydrogen (secondary N) is 2. The predicted molar refractivity (Wildman–Crippen MR) is 99.9 cm³/mol. The van der Waals surface area contributed by atoms with Crippen molar-refractivity contribution in [2.75, 3.05) is 19.8 Å². The van der Waals surface area contributed by atoms with Crippen LogP contribution in [0.2, 0.25) is 0 Å². The Bertz CT molecular complexity index is 492. The van der Waals surface area contributed by atoms with E-state index in [1.165, 1.54) is 35.1 Å². The summed E-state index contributed by atoms with van der Waals surface area (Å²) in [5.74, 6) is 0. The van der Waals surface area contributed by atoms with E-state index < -0.39 is 0 Å². The van der Waals surface area contributed by atoms with Gasteiger partial charge in [-0.25, -0.2) is 0 Å². The Kier molecular flexibility index (Phi) is 7.85. The van der Waals surface area contributed by atoms with Crippen LogP contribution in [0.5, 0.6) is 0 Å². The summed E-state index contributed by atoms with van der Waals surface area (Å²) < 4.78 is 0. The Morgan fingerprint density at radius 3 is 1.39 bits per heavy atom. The van der Waals surface area contributed by atoms with Gasteiger partial charge in [0, 0.05) is 6.67 Å². The van der Waals surface area contributed by atoms with Gasteiger partial charge in [0.2, 0.25) is 0 Å². The van der Waals surface area contributed by atoms with Crippen molar-refractivity contribution in [2.24, 2.45) is 0 Å². The second kappa shape index (κ2) is 10.2. The molecule has 0 aliphatic rings. The Morgan fingerprint density at radius 2 is 1.00 bits per heavy atom. The molecule has 0 unspecified atom stereocenters. The highest BCUT2D eigenvalue weighted by atomic mass is 15.0. The minimum absolute atomic E-state index is 0.905. The highest BCUT2D eigenvalue weighted by Crippen LogP contribution is 2.06. The first-order valence-corrected chi connectivity index (χ1v) is 8.76. The number of aryl methyl sites for hydroxylation is 4. The van der Waals surface area contributed by atoms with Gasteiger partial charge in [-0.05, 0) is 63.7 Å². The largest absolute Gasteiger partial charge is 0.304 e. The molecule has 0 amide bonds. The highest BCUT2D eigenvalue weighted by molar-refractivity contribution is 5.22. The number of hydrogen-bond donors (Lipinski definition) is 2. The van der Waals surface area contributed by atoms with Crippen molar-refractivity contribution in [3.05, 3.63) is 70.8 Å². The molecule has 0 bridgehead atoms. The Labute approximate surface area is 141 Å². The van der Waals surface area contributed by atoms with Crippen LogP contribution in [0.15, 0.2) is 48.5 Å². The average Bonchev–Trinajstić information content (AvgIpc) is 2.56. The molecule has 0 atom stereocenters. The quantitative estimate of drug-likeness (QED) is 0.512. The number of rotatable bonds is 10. The number of hydrogen-bond acceptors (Lipinski definition) is 2. The molecule has 2 rings (SSSR count). The van der Waals surface area contributed by atoms with Gasteiger partial charge in [0.1, 0.15) is 0 Å². The van der Waals surface area contributed by atoms with E-state index in [1.54, 1.807) is 0 Å². The monoisotopic (exact) mass is 310 g/mol. The third kappa shape index (κ3) is 7.45. The van der Waals surface area contributed by atoms with Crippen molar-refractivity contribution in [3.8, 4) is 0 Å². The van der Waals surface area contributed by atoms with E-state index in [0.717, 1.165) is 32.6 Å². The molecule has 2 N–H and O–H groups in total. The van der Waals surface area contributed by atoms with E-state index in [0.29, 0.717) is 0 Å². The second-order valence-electron chi connectivity index (χ2n) is 6.36. The van der Waals surface area contributed by atoms with Crippen molar-refractivity contribution in [3.63, 3.8) is 0 Å². The maximum atomic E-state index is 3.46. The van der Waals surface area contributed by atoms with Crippen LogP contribution in [0.1, 0.15) is 35.1 Å². The molecule has 124 valence electrons. The van der Waals surface area contributed by atoms with Crippen LogP contribution in [0.3, 0.4) is 0 Å². The van der Waals surface area contributed by atoms with Crippen molar-refractivity contribution in [2.45, 2.75) is 39.5 Å². The van der Waals surface area contributed by atoms with Gasteiger partial charge in [0.05, 0.1) is 0 Å². The van der Waals surface area contributed by atoms with Gasteiger partial charge >= 0.3 is 0 Å². The fourth-order valence-corrected chi connectivity index (χ4v) is 2.61. The van der Waals surface area contributed by atoms with Gasteiger partial charge < -0.3 is 10.6 Å². The Hall–Kier alpha value is -1.64. The first-order valence-electron chi connectivity index (χ1n) is 8.76. The maximum Gasteiger partial charge on any atom is 0.0454 e. The molecule has 2 aromatic carbocycles.